The van der Waals surface area contributed by atoms with Crippen molar-refractivity contribution in [1.29, 1.82) is 5.26 Å². The molecule has 0 spiro atoms. The number of hydrogen-bond acceptors (Lipinski definition) is 2. The highest BCUT2D eigenvalue weighted by molar-refractivity contribution is 6.17. The van der Waals surface area contributed by atoms with Gasteiger partial charge in [0.15, 0.2) is 0 Å². The summed E-state index contributed by atoms with van der Waals surface area (Å²) in [4.78, 5) is 0. The Balaban J connectivity index is 2.30. The maximum absolute atomic E-state index is 8.84. The van der Waals surface area contributed by atoms with Crippen LogP contribution in [0, 0.1) is 18.3 Å². The SMILES string of the molecule is Cc1ccc(CCl)cc1Oc1cccc(C#N)c1. The van der Waals surface area contributed by atoms with Gasteiger partial charge in [-0.3, -0.25) is 0 Å². The predicted molar refractivity (Wildman–Crippen MR) is 72.0 cm³/mol. The van der Waals surface area contributed by atoms with Crippen molar-refractivity contribution in [3.8, 4) is 17.6 Å². The normalized spacial score (nSPS) is 9.83. The molecule has 0 aliphatic rings. The molecular weight excluding hydrogens is 246 g/mol. The Kier molecular flexibility index (Phi) is 3.86. The second-order valence-corrected chi connectivity index (χ2v) is 4.24. The summed E-state index contributed by atoms with van der Waals surface area (Å²) >= 11 is 5.80. The van der Waals surface area contributed by atoms with E-state index in [1.54, 1.807) is 18.2 Å². The summed E-state index contributed by atoms with van der Waals surface area (Å²) in [6.45, 7) is 1.97. The van der Waals surface area contributed by atoms with Crippen LogP contribution in [0.2, 0.25) is 0 Å². The van der Waals surface area contributed by atoms with Gasteiger partial charge in [-0.25, -0.2) is 0 Å². The van der Waals surface area contributed by atoms with Crippen molar-refractivity contribution in [1.82, 2.24) is 0 Å². The number of nitrogens with zero attached hydrogens (tertiary/aromatic N) is 1. The molecular formula is C15H12ClNO. The molecule has 0 N–H and O–H groups in total. The number of aryl methyl sites for hydroxylation is 1. The van der Waals surface area contributed by atoms with E-state index in [1.165, 1.54) is 0 Å². The lowest BCUT2D eigenvalue weighted by Gasteiger charge is -2.10. The van der Waals surface area contributed by atoms with Gasteiger partial charge in [0.1, 0.15) is 11.5 Å². The average Bonchev–Trinajstić information content (AvgIpc) is 2.41. The number of benzene rings is 2. The monoisotopic (exact) mass is 257 g/mol. The summed E-state index contributed by atoms with van der Waals surface area (Å²) in [6.07, 6.45) is 0. The molecule has 0 aromatic heterocycles. The second-order valence-electron chi connectivity index (χ2n) is 3.98. The Morgan fingerprint density at radius 3 is 2.78 bits per heavy atom. The van der Waals surface area contributed by atoms with Crippen LogP contribution in [-0.2, 0) is 5.88 Å². The van der Waals surface area contributed by atoms with E-state index in [4.69, 9.17) is 21.6 Å². The largest absolute Gasteiger partial charge is 0.457 e. The number of hydrogen-bond donors (Lipinski definition) is 0. The molecule has 0 amide bonds. The number of rotatable bonds is 3. The maximum atomic E-state index is 8.84. The predicted octanol–water partition coefficient (Wildman–Crippen LogP) is 4.40. The van der Waals surface area contributed by atoms with Gasteiger partial charge in [-0.2, -0.15) is 5.26 Å². The fraction of sp³-hybridized carbons (Fsp3) is 0.133. The number of halogens is 1. The zero-order valence-corrected chi connectivity index (χ0v) is 10.7. The van der Waals surface area contributed by atoms with Crippen LogP contribution in [0.4, 0.5) is 0 Å². The van der Waals surface area contributed by atoms with Gasteiger partial charge in [-0.1, -0.05) is 18.2 Å². The van der Waals surface area contributed by atoms with Crippen LogP contribution in [0.25, 0.3) is 0 Å². The fourth-order valence-electron chi connectivity index (χ4n) is 1.59. The van der Waals surface area contributed by atoms with Crippen LogP contribution in [0.15, 0.2) is 42.5 Å². The summed E-state index contributed by atoms with van der Waals surface area (Å²) in [5.41, 5.74) is 2.62. The Morgan fingerprint density at radius 2 is 2.06 bits per heavy atom. The summed E-state index contributed by atoms with van der Waals surface area (Å²) in [6, 6.07) is 15.0. The van der Waals surface area contributed by atoms with Crippen LogP contribution in [0.5, 0.6) is 11.5 Å². The lowest BCUT2D eigenvalue weighted by Crippen LogP contribution is -1.90. The number of alkyl halides is 1. The quantitative estimate of drug-likeness (QED) is 0.764. The highest BCUT2D eigenvalue weighted by atomic mass is 35.5. The van der Waals surface area contributed by atoms with E-state index in [0.717, 1.165) is 16.9 Å². The molecule has 2 aromatic carbocycles. The topological polar surface area (TPSA) is 33.0 Å². The molecule has 18 heavy (non-hydrogen) atoms. The smallest absolute Gasteiger partial charge is 0.130 e. The lowest BCUT2D eigenvalue weighted by molar-refractivity contribution is 0.478. The minimum Gasteiger partial charge on any atom is -0.457 e. The van der Waals surface area contributed by atoms with Crippen molar-refractivity contribution >= 4 is 11.6 Å². The molecule has 0 radical (unpaired) electrons. The van der Waals surface area contributed by atoms with Crippen molar-refractivity contribution < 1.29 is 4.74 Å². The molecule has 2 aromatic rings. The molecule has 2 rings (SSSR count). The molecule has 0 fully saturated rings. The van der Waals surface area contributed by atoms with Gasteiger partial charge in [0, 0.05) is 5.88 Å². The van der Waals surface area contributed by atoms with E-state index in [1.807, 2.05) is 31.2 Å². The first-order valence-corrected chi connectivity index (χ1v) is 6.10. The molecule has 0 saturated carbocycles. The highest BCUT2D eigenvalue weighted by Crippen LogP contribution is 2.27. The summed E-state index contributed by atoms with van der Waals surface area (Å²) in [5.74, 6) is 1.88. The third-order valence-corrected chi connectivity index (χ3v) is 2.91. The van der Waals surface area contributed by atoms with Crippen LogP contribution in [0.1, 0.15) is 16.7 Å². The standard InChI is InChI=1S/C15H12ClNO/c1-11-5-6-12(9-16)8-15(11)18-14-4-2-3-13(7-14)10-17/h2-8H,9H2,1H3. The van der Waals surface area contributed by atoms with Crippen molar-refractivity contribution in [2.45, 2.75) is 12.8 Å². The first kappa shape index (κ1) is 12.5. The fourth-order valence-corrected chi connectivity index (χ4v) is 1.76. The van der Waals surface area contributed by atoms with E-state index in [-0.39, 0.29) is 0 Å². The Bertz CT molecular complexity index is 602. The number of nitriles is 1. The van der Waals surface area contributed by atoms with E-state index >= 15 is 0 Å². The molecule has 0 aliphatic carbocycles. The molecule has 2 nitrogen and oxygen atoms in total. The lowest BCUT2D eigenvalue weighted by atomic mass is 10.1. The van der Waals surface area contributed by atoms with Crippen molar-refractivity contribution in [3.05, 3.63) is 59.2 Å². The maximum Gasteiger partial charge on any atom is 0.130 e. The molecule has 0 heterocycles. The van der Waals surface area contributed by atoms with E-state index in [0.29, 0.717) is 17.2 Å². The molecule has 0 bridgehead atoms. The molecule has 0 saturated heterocycles. The van der Waals surface area contributed by atoms with E-state index in [9.17, 15) is 0 Å². The van der Waals surface area contributed by atoms with Crippen LogP contribution < -0.4 is 4.74 Å². The Labute approximate surface area is 111 Å². The van der Waals surface area contributed by atoms with Crippen LogP contribution >= 0.6 is 11.6 Å². The van der Waals surface area contributed by atoms with Gasteiger partial charge in [0.05, 0.1) is 11.6 Å². The van der Waals surface area contributed by atoms with Gasteiger partial charge >= 0.3 is 0 Å². The van der Waals surface area contributed by atoms with Crippen molar-refractivity contribution in [3.63, 3.8) is 0 Å². The molecule has 0 unspecified atom stereocenters. The third-order valence-electron chi connectivity index (χ3n) is 2.60. The molecule has 0 atom stereocenters. The average molecular weight is 258 g/mol. The summed E-state index contributed by atoms with van der Waals surface area (Å²) in [7, 11) is 0. The van der Waals surface area contributed by atoms with Crippen LogP contribution in [-0.4, -0.2) is 0 Å². The second kappa shape index (κ2) is 5.57. The molecule has 0 aliphatic heterocycles. The van der Waals surface area contributed by atoms with E-state index < -0.39 is 0 Å². The van der Waals surface area contributed by atoms with Gasteiger partial charge < -0.3 is 4.74 Å². The third kappa shape index (κ3) is 2.82. The zero-order valence-electron chi connectivity index (χ0n) is 9.98. The Hall–Kier alpha value is -1.98. The number of ether oxygens (including phenoxy) is 1. The van der Waals surface area contributed by atoms with Gasteiger partial charge in [0.25, 0.3) is 0 Å². The van der Waals surface area contributed by atoms with Crippen molar-refractivity contribution in [2.75, 3.05) is 0 Å². The summed E-state index contributed by atoms with van der Waals surface area (Å²) < 4.78 is 5.78. The zero-order chi connectivity index (χ0) is 13.0. The van der Waals surface area contributed by atoms with Gasteiger partial charge in [0.2, 0.25) is 0 Å². The first-order chi connectivity index (χ1) is 8.72. The minimum absolute atomic E-state index is 0.453. The van der Waals surface area contributed by atoms with E-state index in [2.05, 4.69) is 6.07 Å². The van der Waals surface area contributed by atoms with Gasteiger partial charge in [-0.15, -0.1) is 11.6 Å². The van der Waals surface area contributed by atoms with Crippen LogP contribution in [0.3, 0.4) is 0 Å². The Morgan fingerprint density at radius 1 is 1.22 bits per heavy atom. The van der Waals surface area contributed by atoms with Gasteiger partial charge in [-0.05, 0) is 42.3 Å². The van der Waals surface area contributed by atoms with Crippen molar-refractivity contribution in [2.24, 2.45) is 0 Å². The first-order valence-electron chi connectivity index (χ1n) is 5.56. The minimum atomic E-state index is 0.453. The highest BCUT2D eigenvalue weighted by Gasteiger charge is 2.03. The molecule has 3 heteroatoms. The summed E-state index contributed by atoms with van der Waals surface area (Å²) in [5, 5.41) is 8.84. The molecule has 90 valence electrons.